The highest BCUT2D eigenvalue weighted by Gasteiger charge is 2.21. The van der Waals surface area contributed by atoms with Crippen molar-refractivity contribution in [3.63, 3.8) is 0 Å². The van der Waals surface area contributed by atoms with Crippen molar-refractivity contribution in [2.45, 2.75) is 0 Å². The largest absolute Gasteiger partial charge is 0.456 e. The molecule has 9 aromatic carbocycles. The quantitative estimate of drug-likeness (QED) is 0.197. The molecule has 9 aromatic rings. The van der Waals surface area contributed by atoms with Crippen LogP contribution in [0, 0.1) is 0 Å². The minimum absolute atomic E-state index is 0.905. The summed E-state index contributed by atoms with van der Waals surface area (Å²) < 4.78 is 6.43. The van der Waals surface area contributed by atoms with Crippen molar-refractivity contribution in [2.24, 2.45) is 0 Å². The second kappa shape index (κ2) is 8.44. The van der Waals surface area contributed by atoms with Gasteiger partial charge in [-0.3, -0.25) is 0 Å². The zero-order valence-electron chi connectivity index (χ0n) is 23.3. The molecular formula is C42H24O. The maximum Gasteiger partial charge on any atom is 0.135 e. The average Bonchev–Trinajstić information content (AvgIpc) is 3.07. The van der Waals surface area contributed by atoms with Gasteiger partial charge < -0.3 is 4.74 Å². The number of hydrogen-bond donors (Lipinski definition) is 0. The van der Waals surface area contributed by atoms with Crippen LogP contribution in [0.5, 0.6) is 11.5 Å². The third-order valence-electron chi connectivity index (χ3n) is 9.37. The molecule has 0 radical (unpaired) electrons. The molecule has 1 heteroatoms. The Labute approximate surface area is 248 Å². The van der Waals surface area contributed by atoms with Gasteiger partial charge in [0, 0.05) is 10.9 Å². The summed E-state index contributed by atoms with van der Waals surface area (Å²) in [5, 5.41) is 12.7. The summed E-state index contributed by atoms with van der Waals surface area (Å²) in [5.41, 5.74) is 7.27. The monoisotopic (exact) mass is 544 g/mol. The van der Waals surface area contributed by atoms with Crippen LogP contribution in [0.4, 0.5) is 0 Å². The van der Waals surface area contributed by atoms with Gasteiger partial charge in [0.25, 0.3) is 0 Å². The molecule has 0 saturated carbocycles. The van der Waals surface area contributed by atoms with E-state index in [1.165, 1.54) is 81.7 Å². The fourth-order valence-electron chi connectivity index (χ4n) is 7.42. The summed E-state index contributed by atoms with van der Waals surface area (Å²) in [6.07, 6.45) is 0. The molecule has 0 spiro atoms. The van der Waals surface area contributed by atoms with E-state index in [4.69, 9.17) is 4.74 Å². The second-order valence-corrected chi connectivity index (χ2v) is 11.7. The molecule has 0 atom stereocenters. The molecule has 0 unspecified atom stereocenters. The Bertz CT molecular complexity index is 2570. The summed E-state index contributed by atoms with van der Waals surface area (Å²) >= 11 is 0. The molecule has 0 bridgehead atoms. The van der Waals surface area contributed by atoms with Crippen LogP contribution in [-0.2, 0) is 0 Å². The predicted molar refractivity (Wildman–Crippen MR) is 182 cm³/mol. The molecule has 0 amide bonds. The number of ether oxygens (including phenoxy) is 1. The Morgan fingerprint density at radius 2 is 0.977 bits per heavy atom. The molecule has 10 rings (SSSR count). The molecule has 0 aliphatic carbocycles. The molecule has 0 aromatic heterocycles. The Morgan fingerprint density at radius 1 is 0.302 bits per heavy atom. The molecular weight excluding hydrogens is 520 g/mol. The van der Waals surface area contributed by atoms with E-state index in [9.17, 15) is 0 Å². The molecule has 0 N–H and O–H groups in total. The maximum atomic E-state index is 6.43. The van der Waals surface area contributed by atoms with Crippen molar-refractivity contribution in [2.75, 3.05) is 0 Å². The maximum absolute atomic E-state index is 6.43. The Balaban J connectivity index is 1.23. The topological polar surface area (TPSA) is 9.23 Å². The zero-order valence-corrected chi connectivity index (χ0v) is 23.3. The number of rotatable bonds is 2. The average molecular weight is 545 g/mol. The fourth-order valence-corrected chi connectivity index (χ4v) is 7.42. The summed E-state index contributed by atoms with van der Waals surface area (Å²) in [7, 11) is 0. The molecule has 1 heterocycles. The van der Waals surface area contributed by atoms with Crippen LogP contribution in [0.15, 0.2) is 146 Å². The van der Waals surface area contributed by atoms with Crippen LogP contribution in [-0.4, -0.2) is 0 Å². The van der Waals surface area contributed by atoms with E-state index in [1.54, 1.807) is 0 Å². The van der Waals surface area contributed by atoms with Gasteiger partial charge in [0.2, 0.25) is 0 Å². The van der Waals surface area contributed by atoms with Gasteiger partial charge in [-0.2, -0.15) is 0 Å². The first kappa shape index (κ1) is 23.0. The Hall–Kier alpha value is -5.66. The minimum atomic E-state index is 0.905. The van der Waals surface area contributed by atoms with Gasteiger partial charge >= 0.3 is 0 Å². The van der Waals surface area contributed by atoms with E-state index in [1.807, 2.05) is 0 Å². The van der Waals surface area contributed by atoms with Gasteiger partial charge in [-0.1, -0.05) is 115 Å². The van der Waals surface area contributed by atoms with E-state index < -0.39 is 0 Å². The van der Waals surface area contributed by atoms with Gasteiger partial charge in [0.15, 0.2) is 0 Å². The lowest BCUT2D eigenvalue weighted by Gasteiger charge is -2.22. The van der Waals surface area contributed by atoms with E-state index in [-0.39, 0.29) is 0 Å². The lowest BCUT2D eigenvalue weighted by Crippen LogP contribution is -1.97. The third-order valence-corrected chi connectivity index (χ3v) is 9.37. The van der Waals surface area contributed by atoms with Crippen molar-refractivity contribution in [3.05, 3.63) is 146 Å². The lowest BCUT2D eigenvalue weighted by molar-refractivity contribution is 0.487. The highest BCUT2D eigenvalue weighted by atomic mass is 16.5. The first-order valence-corrected chi connectivity index (χ1v) is 14.8. The van der Waals surface area contributed by atoms with Gasteiger partial charge in [0.1, 0.15) is 11.5 Å². The molecule has 1 aliphatic rings. The van der Waals surface area contributed by atoms with Crippen LogP contribution < -0.4 is 4.74 Å². The number of hydrogen-bond acceptors (Lipinski definition) is 1. The molecule has 0 fully saturated rings. The van der Waals surface area contributed by atoms with Crippen molar-refractivity contribution in [3.8, 4) is 44.9 Å². The van der Waals surface area contributed by atoms with Gasteiger partial charge in [-0.05, 0) is 107 Å². The van der Waals surface area contributed by atoms with Gasteiger partial charge in [0.05, 0.1) is 0 Å². The fraction of sp³-hybridized carbons (Fsp3) is 0. The number of benzene rings is 9. The smallest absolute Gasteiger partial charge is 0.135 e. The van der Waals surface area contributed by atoms with E-state index >= 15 is 0 Å². The molecule has 1 aliphatic heterocycles. The van der Waals surface area contributed by atoms with Crippen LogP contribution in [0.25, 0.3) is 87.2 Å². The zero-order chi connectivity index (χ0) is 28.1. The molecule has 198 valence electrons. The van der Waals surface area contributed by atoms with E-state index in [0.717, 1.165) is 17.1 Å². The first-order chi connectivity index (χ1) is 21.3. The molecule has 1 nitrogen and oxygen atoms in total. The standard InChI is InChI=1S/C42H24O/c1-2-11-32-29(6-1)22-31(33-19-16-28-15-14-26-7-3-8-27-17-20-35(33)42(28)40(26)27)24-36(32)30-18-21-38-37(23-30)34-12-4-9-25-10-5-13-39(43-38)41(25)34/h1-24H. The van der Waals surface area contributed by atoms with Gasteiger partial charge in [-0.15, -0.1) is 0 Å². The van der Waals surface area contributed by atoms with Crippen molar-refractivity contribution in [1.29, 1.82) is 0 Å². The Morgan fingerprint density at radius 3 is 1.86 bits per heavy atom. The van der Waals surface area contributed by atoms with Crippen molar-refractivity contribution >= 4 is 53.9 Å². The van der Waals surface area contributed by atoms with Crippen molar-refractivity contribution in [1.82, 2.24) is 0 Å². The van der Waals surface area contributed by atoms with Gasteiger partial charge in [-0.25, -0.2) is 0 Å². The highest BCUT2D eigenvalue weighted by Crippen LogP contribution is 2.48. The second-order valence-electron chi connectivity index (χ2n) is 11.7. The summed E-state index contributed by atoms with van der Waals surface area (Å²) in [5.74, 6) is 1.83. The van der Waals surface area contributed by atoms with Crippen LogP contribution in [0.2, 0.25) is 0 Å². The van der Waals surface area contributed by atoms with E-state index in [0.29, 0.717) is 0 Å². The summed E-state index contributed by atoms with van der Waals surface area (Å²) in [4.78, 5) is 0. The Kier molecular flexibility index (Phi) is 4.51. The highest BCUT2D eigenvalue weighted by molar-refractivity contribution is 6.25. The van der Waals surface area contributed by atoms with Crippen LogP contribution in [0.3, 0.4) is 0 Å². The van der Waals surface area contributed by atoms with Crippen LogP contribution in [0.1, 0.15) is 0 Å². The summed E-state index contributed by atoms with van der Waals surface area (Å²) in [6.45, 7) is 0. The molecule has 0 saturated heterocycles. The van der Waals surface area contributed by atoms with Crippen LogP contribution >= 0.6 is 0 Å². The van der Waals surface area contributed by atoms with E-state index in [2.05, 4.69) is 146 Å². The molecule has 43 heavy (non-hydrogen) atoms. The SMILES string of the molecule is c1ccc2c(-c3ccc4c(c3)-c3cccc5cccc(c35)O4)cc(-c3ccc4ccc5cccc6ccc3c4c56)cc2c1. The first-order valence-electron chi connectivity index (χ1n) is 14.8. The summed E-state index contributed by atoms with van der Waals surface area (Å²) in [6, 6.07) is 53.2. The lowest BCUT2D eigenvalue weighted by atomic mass is 9.87. The van der Waals surface area contributed by atoms with Crippen molar-refractivity contribution < 1.29 is 4.74 Å². The number of fused-ring (bicyclic) bond motifs is 3. The normalized spacial score (nSPS) is 12.4. The predicted octanol–water partition coefficient (Wildman–Crippen LogP) is 12.0. The third kappa shape index (κ3) is 3.22. The minimum Gasteiger partial charge on any atom is -0.456 e.